The zero-order valence-corrected chi connectivity index (χ0v) is 11.7. The minimum Gasteiger partial charge on any atom is -0.384 e. The quantitative estimate of drug-likeness (QED) is 0.385. The van der Waals surface area contributed by atoms with Gasteiger partial charge in [0.25, 0.3) is 0 Å². The summed E-state index contributed by atoms with van der Waals surface area (Å²) in [6, 6.07) is 7.98. The maximum atomic E-state index is 13.5. The van der Waals surface area contributed by atoms with E-state index in [4.69, 9.17) is 22.6 Å². The number of nitrogens with zero attached hydrogens (tertiary/aromatic N) is 2. The SMILES string of the molecule is N#Cc1c(F)cccc1CSc1cc(N)nc(N)c1NN. The van der Waals surface area contributed by atoms with Gasteiger partial charge in [-0.2, -0.15) is 5.26 Å². The number of hydrogen-bond donors (Lipinski definition) is 4. The Kier molecular flexibility index (Phi) is 4.47. The summed E-state index contributed by atoms with van der Waals surface area (Å²) in [5.41, 5.74) is 14.9. The lowest BCUT2D eigenvalue weighted by molar-refractivity contribution is 0.622. The minimum atomic E-state index is -0.540. The molecular formula is C13H13FN6S. The van der Waals surface area contributed by atoms with Gasteiger partial charge >= 0.3 is 0 Å². The molecule has 2 rings (SSSR count). The summed E-state index contributed by atoms with van der Waals surface area (Å²) < 4.78 is 13.5. The first-order valence-corrected chi connectivity index (χ1v) is 6.88. The van der Waals surface area contributed by atoms with Gasteiger partial charge in [0, 0.05) is 10.6 Å². The van der Waals surface area contributed by atoms with Crippen molar-refractivity contribution in [1.29, 1.82) is 5.26 Å². The second-order valence-electron chi connectivity index (χ2n) is 4.12. The molecule has 0 bridgehead atoms. The first kappa shape index (κ1) is 14.9. The van der Waals surface area contributed by atoms with E-state index in [0.717, 1.165) is 0 Å². The number of hydrazine groups is 1. The van der Waals surface area contributed by atoms with E-state index < -0.39 is 5.82 Å². The fourth-order valence-electron chi connectivity index (χ4n) is 1.79. The molecule has 1 aromatic heterocycles. The molecule has 0 aliphatic carbocycles. The van der Waals surface area contributed by atoms with Crippen LogP contribution in [0.1, 0.15) is 11.1 Å². The summed E-state index contributed by atoms with van der Waals surface area (Å²) in [6.45, 7) is 0. The molecule has 0 aliphatic rings. The molecule has 0 spiro atoms. The molecular weight excluding hydrogens is 291 g/mol. The molecule has 2 aromatic rings. The van der Waals surface area contributed by atoms with Crippen LogP contribution in [-0.4, -0.2) is 4.98 Å². The lowest BCUT2D eigenvalue weighted by Gasteiger charge is -2.12. The van der Waals surface area contributed by atoms with Crippen molar-refractivity contribution in [3.05, 3.63) is 41.2 Å². The van der Waals surface area contributed by atoms with Gasteiger partial charge in [0.15, 0.2) is 5.82 Å². The second-order valence-corrected chi connectivity index (χ2v) is 5.14. The Morgan fingerprint density at radius 2 is 2.14 bits per heavy atom. The second kappa shape index (κ2) is 6.30. The van der Waals surface area contributed by atoms with E-state index >= 15 is 0 Å². The van der Waals surface area contributed by atoms with Gasteiger partial charge in [-0.1, -0.05) is 12.1 Å². The summed E-state index contributed by atoms with van der Waals surface area (Å²) in [5, 5.41) is 9.00. The van der Waals surface area contributed by atoms with Crippen molar-refractivity contribution < 1.29 is 4.39 Å². The Bertz CT molecular complexity index is 713. The van der Waals surface area contributed by atoms with Crippen molar-refractivity contribution >= 4 is 29.1 Å². The van der Waals surface area contributed by atoms with E-state index in [1.807, 2.05) is 6.07 Å². The van der Waals surface area contributed by atoms with Crippen LogP contribution in [0, 0.1) is 17.1 Å². The molecule has 108 valence electrons. The minimum absolute atomic E-state index is 0.0299. The van der Waals surface area contributed by atoms with E-state index in [-0.39, 0.29) is 17.2 Å². The molecule has 0 aliphatic heterocycles. The van der Waals surface area contributed by atoms with Crippen LogP contribution in [-0.2, 0) is 5.75 Å². The molecule has 0 saturated carbocycles. The maximum absolute atomic E-state index is 13.5. The van der Waals surface area contributed by atoms with Crippen LogP contribution in [0.4, 0.5) is 21.7 Å². The topological polar surface area (TPSA) is 127 Å². The average Bonchev–Trinajstić information content (AvgIpc) is 2.44. The summed E-state index contributed by atoms with van der Waals surface area (Å²) >= 11 is 1.33. The van der Waals surface area contributed by atoms with E-state index in [0.29, 0.717) is 21.9 Å². The van der Waals surface area contributed by atoms with Gasteiger partial charge in [-0.15, -0.1) is 11.8 Å². The summed E-state index contributed by atoms with van der Waals surface area (Å²) in [4.78, 5) is 4.57. The number of benzene rings is 1. The Balaban J connectivity index is 2.29. The Morgan fingerprint density at radius 3 is 2.81 bits per heavy atom. The van der Waals surface area contributed by atoms with E-state index in [2.05, 4.69) is 10.4 Å². The van der Waals surface area contributed by atoms with Gasteiger partial charge in [-0.25, -0.2) is 9.37 Å². The number of nitriles is 1. The van der Waals surface area contributed by atoms with Crippen molar-refractivity contribution in [1.82, 2.24) is 4.98 Å². The average molecular weight is 304 g/mol. The number of nitrogen functional groups attached to an aromatic ring is 3. The Hall–Kier alpha value is -2.50. The molecule has 0 unspecified atom stereocenters. The van der Waals surface area contributed by atoms with Crippen LogP contribution >= 0.6 is 11.8 Å². The van der Waals surface area contributed by atoms with Gasteiger partial charge in [0.1, 0.15) is 23.4 Å². The Morgan fingerprint density at radius 1 is 1.38 bits per heavy atom. The largest absolute Gasteiger partial charge is 0.384 e. The van der Waals surface area contributed by atoms with Crippen LogP contribution in [0.3, 0.4) is 0 Å². The predicted molar refractivity (Wildman–Crippen MR) is 81.5 cm³/mol. The third-order valence-electron chi connectivity index (χ3n) is 2.77. The summed E-state index contributed by atoms with van der Waals surface area (Å²) in [5.74, 6) is 5.69. The van der Waals surface area contributed by atoms with Crippen LogP contribution in [0.2, 0.25) is 0 Å². The Labute approximate surface area is 125 Å². The van der Waals surface area contributed by atoms with Crippen LogP contribution in [0.5, 0.6) is 0 Å². The highest BCUT2D eigenvalue weighted by atomic mass is 32.2. The van der Waals surface area contributed by atoms with Gasteiger partial charge in [0.2, 0.25) is 0 Å². The zero-order chi connectivity index (χ0) is 15.4. The first-order valence-electron chi connectivity index (χ1n) is 5.89. The third kappa shape index (κ3) is 3.16. The first-order chi connectivity index (χ1) is 10.1. The maximum Gasteiger partial charge on any atom is 0.151 e. The number of rotatable bonds is 4. The van der Waals surface area contributed by atoms with Crippen LogP contribution < -0.4 is 22.7 Å². The molecule has 0 fully saturated rings. The number of halogens is 1. The molecule has 0 saturated heterocycles. The number of anilines is 3. The highest BCUT2D eigenvalue weighted by Crippen LogP contribution is 2.34. The lowest BCUT2D eigenvalue weighted by atomic mass is 10.1. The molecule has 21 heavy (non-hydrogen) atoms. The van der Waals surface area contributed by atoms with Gasteiger partial charge in [0.05, 0.1) is 5.56 Å². The number of nitrogens with two attached hydrogens (primary N) is 3. The van der Waals surface area contributed by atoms with Crippen molar-refractivity contribution in [2.24, 2.45) is 5.84 Å². The molecule has 6 nitrogen and oxygen atoms in total. The molecule has 0 radical (unpaired) electrons. The number of hydrogen-bond acceptors (Lipinski definition) is 7. The van der Waals surface area contributed by atoms with Crippen molar-refractivity contribution in [3.63, 3.8) is 0 Å². The van der Waals surface area contributed by atoms with E-state index in [9.17, 15) is 4.39 Å². The normalized spacial score (nSPS) is 10.1. The smallest absolute Gasteiger partial charge is 0.151 e. The van der Waals surface area contributed by atoms with Crippen LogP contribution in [0.25, 0.3) is 0 Å². The molecule has 1 heterocycles. The highest BCUT2D eigenvalue weighted by molar-refractivity contribution is 7.98. The third-order valence-corrected chi connectivity index (χ3v) is 3.86. The summed E-state index contributed by atoms with van der Waals surface area (Å²) in [7, 11) is 0. The lowest BCUT2D eigenvalue weighted by Crippen LogP contribution is -2.12. The molecule has 0 amide bonds. The number of pyridine rings is 1. The zero-order valence-electron chi connectivity index (χ0n) is 10.9. The molecule has 0 atom stereocenters. The molecule has 8 heteroatoms. The molecule has 1 aromatic carbocycles. The highest BCUT2D eigenvalue weighted by Gasteiger charge is 2.12. The van der Waals surface area contributed by atoms with Gasteiger partial charge in [-0.05, 0) is 17.7 Å². The van der Waals surface area contributed by atoms with Crippen LogP contribution in [0.15, 0.2) is 29.2 Å². The fraction of sp³-hybridized carbons (Fsp3) is 0.0769. The fourth-order valence-corrected chi connectivity index (χ4v) is 2.85. The standard InChI is InChI=1S/C13H13FN6S/c14-9-3-1-2-7(8(9)5-15)6-21-10-4-11(16)19-13(17)12(10)20-18/h1-4,20H,6,18H2,(H4,16,17,19). The van der Waals surface area contributed by atoms with E-state index in [1.165, 1.54) is 17.8 Å². The molecule has 7 N–H and O–H groups in total. The van der Waals surface area contributed by atoms with Crippen molar-refractivity contribution in [2.75, 3.05) is 16.9 Å². The number of nitrogens with one attached hydrogen (secondary N) is 1. The van der Waals surface area contributed by atoms with Gasteiger partial charge in [-0.3, -0.25) is 5.84 Å². The monoisotopic (exact) mass is 304 g/mol. The van der Waals surface area contributed by atoms with E-state index in [1.54, 1.807) is 18.2 Å². The summed E-state index contributed by atoms with van der Waals surface area (Å²) in [6.07, 6.45) is 0. The number of thioether (sulfide) groups is 1. The predicted octanol–water partition coefficient (Wildman–Crippen LogP) is 1.83. The number of aromatic nitrogens is 1. The van der Waals surface area contributed by atoms with Crippen molar-refractivity contribution in [3.8, 4) is 6.07 Å². The van der Waals surface area contributed by atoms with Gasteiger partial charge < -0.3 is 16.9 Å². The van der Waals surface area contributed by atoms with Crippen molar-refractivity contribution in [2.45, 2.75) is 10.6 Å².